The molecule has 0 unspecified atom stereocenters. The molecule has 3 rings (SSSR count). The van der Waals surface area contributed by atoms with Crippen LogP contribution in [0.1, 0.15) is 37.2 Å². The maximum Gasteiger partial charge on any atom is 0.244 e. The van der Waals surface area contributed by atoms with E-state index in [0.29, 0.717) is 26.1 Å². The smallest absolute Gasteiger partial charge is 0.244 e. The minimum absolute atomic E-state index is 0.0714. The molecule has 2 saturated heterocycles. The van der Waals surface area contributed by atoms with Crippen molar-refractivity contribution in [2.24, 2.45) is 5.41 Å². The monoisotopic (exact) mass is 378 g/mol. The number of aliphatic hydroxyl groups is 1. The van der Waals surface area contributed by atoms with Crippen LogP contribution in [-0.4, -0.2) is 82.1 Å². The Hall–Kier alpha value is -1.44. The fraction of sp³-hybridized carbons (Fsp3) is 0.800. The number of carbonyl (C=O) groups is 1. The molecule has 2 aliphatic rings. The highest BCUT2D eigenvalue weighted by Crippen LogP contribution is 2.39. The van der Waals surface area contributed by atoms with Crippen molar-refractivity contribution in [3.63, 3.8) is 0 Å². The summed E-state index contributed by atoms with van der Waals surface area (Å²) in [6.07, 6.45) is 0.596. The summed E-state index contributed by atoms with van der Waals surface area (Å²) < 4.78 is 7.21. The van der Waals surface area contributed by atoms with E-state index in [4.69, 9.17) is 4.74 Å². The number of ether oxygens (including phenoxy) is 1. The zero-order valence-electron chi connectivity index (χ0n) is 17.4. The first-order valence-electron chi connectivity index (χ1n) is 9.94. The molecule has 0 spiro atoms. The van der Waals surface area contributed by atoms with Gasteiger partial charge in [-0.05, 0) is 32.8 Å². The Morgan fingerprint density at radius 2 is 1.85 bits per heavy atom. The maximum absolute atomic E-state index is 12.9. The largest absolute Gasteiger partial charge is 0.388 e. The Kier molecular flexibility index (Phi) is 5.66. The van der Waals surface area contributed by atoms with Crippen LogP contribution in [0.15, 0.2) is 0 Å². The van der Waals surface area contributed by atoms with E-state index < -0.39 is 5.60 Å². The van der Waals surface area contributed by atoms with E-state index in [0.717, 1.165) is 43.3 Å². The van der Waals surface area contributed by atoms with Crippen molar-refractivity contribution >= 4 is 5.91 Å². The number of aryl methyl sites for hydroxylation is 1. The third-order valence-corrected chi connectivity index (χ3v) is 6.61. The summed E-state index contributed by atoms with van der Waals surface area (Å²) in [5.41, 5.74) is 1.99. The number of likely N-dealkylation sites (tertiary alicyclic amines) is 1. The normalized spacial score (nSPS) is 26.4. The van der Waals surface area contributed by atoms with Crippen molar-refractivity contribution < 1.29 is 14.6 Å². The minimum Gasteiger partial charge on any atom is -0.388 e. The lowest BCUT2D eigenvalue weighted by Gasteiger charge is -2.52. The van der Waals surface area contributed by atoms with Crippen LogP contribution in [0.4, 0.5) is 0 Å². The van der Waals surface area contributed by atoms with Gasteiger partial charge < -0.3 is 14.7 Å². The lowest BCUT2D eigenvalue weighted by atomic mass is 9.69. The van der Waals surface area contributed by atoms with Crippen molar-refractivity contribution in [1.29, 1.82) is 0 Å². The lowest BCUT2D eigenvalue weighted by molar-refractivity contribution is -0.158. The first kappa shape index (κ1) is 20.3. The van der Waals surface area contributed by atoms with E-state index in [1.807, 2.05) is 25.7 Å². The third-order valence-electron chi connectivity index (χ3n) is 6.61. The molecule has 0 aliphatic carbocycles. The molecular weight excluding hydrogens is 344 g/mol. The summed E-state index contributed by atoms with van der Waals surface area (Å²) in [6, 6.07) is 0. The van der Waals surface area contributed by atoms with E-state index in [1.54, 1.807) is 4.68 Å². The topological polar surface area (TPSA) is 70.8 Å². The predicted molar refractivity (Wildman–Crippen MR) is 104 cm³/mol. The highest BCUT2D eigenvalue weighted by atomic mass is 16.5. The number of hydrogen-bond acceptors (Lipinski definition) is 5. The molecule has 3 heterocycles. The molecule has 152 valence electrons. The van der Waals surface area contributed by atoms with Gasteiger partial charge in [-0.1, -0.05) is 13.8 Å². The van der Waals surface area contributed by atoms with Crippen molar-refractivity contribution in [1.82, 2.24) is 19.6 Å². The van der Waals surface area contributed by atoms with Gasteiger partial charge in [0.2, 0.25) is 5.91 Å². The SMILES string of the molecule is Cc1nn(CC(=O)N2CC[C@@](O)(CN3CCOCC3)C(C)(C)C2)c(C)c1C. The first-order valence-corrected chi connectivity index (χ1v) is 9.94. The summed E-state index contributed by atoms with van der Waals surface area (Å²) in [6.45, 7) is 15.4. The number of piperidine rings is 1. The minimum atomic E-state index is -0.796. The van der Waals surface area contributed by atoms with E-state index in [1.165, 1.54) is 0 Å². The molecule has 7 heteroatoms. The Labute approximate surface area is 162 Å². The van der Waals surface area contributed by atoms with Crippen LogP contribution in [-0.2, 0) is 16.1 Å². The van der Waals surface area contributed by atoms with Crippen molar-refractivity contribution in [2.75, 3.05) is 45.9 Å². The Bertz CT molecular complexity index is 694. The van der Waals surface area contributed by atoms with Crippen LogP contribution in [0, 0.1) is 26.2 Å². The second-order valence-corrected chi connectivity index (χ2v) is 8.82. The highest BCUT2D eigenvalue weighted by molar-refractivity contribution is 5.76. The highest BCUT2D eigenvalue weighted by Gasteiger charge is 2.49. The fourth-order valence-electron chi connectivity index (χ4n) is 4.17. The van der Waals surface area contributed by atoms with Crippen LogP contribution in [0.25, 0.3) is 0 Å². The number of aromatic nitrogens is 2. The summed E-state index contributed by atoms with van der Waals surface area (Å²) >= 11 is 0. The van der Waals surface area contributed by atoms with Crippen molar-refractivity contribution in [3.05, 3.63) is 17.0 Å². The predicted octanol–water partition coefficient (Wildman–Crippen LogP) is 1.13. The molecule has 7 nitrogen and oxygen atoms in total. The quantitative estimate of drug-likeness (QED) is 0.851. The summed E-state index contributed by atoms with van der Waals surface area (Å²) in [5.74, 6) is 0.0714. The lowest BCUT2D eigenvalue weighted by Crippen LogP contribution is -2.63. The molecule has 0 aromatic carbocycles. The van der Waals surface area contributed by atoms with Gasteiger partial charge in [0.15, 0.2) is 0 Å². The molecule has 1 N–H and O–H groups in total. The second kappa shape index (κ2) is 7.53. The molecule has 1 aromatic heterocycles. The number of morpholine rings is 1. The van der Waals surface area contributed by atoms with Crippen molar-refractivity contribution in [2.45, 2.75) is 53.2 Å². The number of carbonyl (C=O) groups excluding carboxylic acids is 1. The van der Waals surface area contributed by atoms with E-state index >= 15 is 0 Å². The van der Waals surface area contributed by atoms with Crippen LogP contribution in [0.3, 0.4) is 0 Å². The zero-order chi connectivity index (χ0) is 19.8. The number of nitrogens with zero attached hydrogens (tertiary/aromatic N) is 4. The standard InChI is InChI=1S/C20H34N4O3/c1-15-16(2)21-24(17(15)3)12-18(25)23-7-6-20(26,19(4,5)13-23)14-22-8-10-27-11-9-22/h26H,6-14H2,1-5H3/t20-/m1/s1. The van der Waals surface area contributed by atoms with Gasteiger partial charge >= 0.3 is 0 Å². The molecule has 0 saturated carbocycles. The summed E-state index contributed by atoms with van der Waals surface area (Å²) in [7, 11) is 0. The molecule has 0 bridgehead atoms. The van der Waals surface area contributed by atoms with Gasteiger partial charge in [0.1, 0.15) is 6.54 Å². The Balaban J connectivity index is 1.65. The van der Waals surface area contributed by atoms with Gasteiger partial charge in [0, 0.05) is 43.8 Å². The van der Waals surface area contributed by atoms with Gasteiger partial charge in [0.25, 0.3) is 0 Å². The summed E-state index contributed by atoms with van der Waals surface area (Å²) in [5, 5.41) is 15.9. The Morgan fingerprint density at radius 3 is 2.41 bits per heavy atom. The molecule has 2 fully saturated rings. The number of amides is 1. The van der Waals surface area contributed by atoms with Crippen LogP contribution in [0.2, 0.25) is 0 Å². The first-order chi connectivity index (χ1) is 12.6. The number of β-amino-alcohol motifs (C(OH)–C–C–N with tert-alkyl or cyclic N) is 1. The van der Waals surface area contributed by atoms with E-state index in [2.05, 4.69) is 23.8 Å². The summed E-state index contributed by atoms with van der Waals surface area (Å²) in [4.78, 5) is 17.1. The average Bonchev–Trinajstić information content (AvgIpc) is 2.85. The zero-order valence-corrected chi connectivity index (χ0v) is 17.4. The fourth-order valence-corrected chi connectivity index (χ4v) is 4.17. The van der Waals surface area contributed by atoms with Crippen LogP contribution in [0.5, 0.6) is 0 Å². The molecule has 2 aliphatic heterocycles. The van der Waals surface area contributed by atoms with Gasteiger partial charge in [-0.3, -0.25) is 14.4 Å². The molecule has 1 amide bonds. The number of rotatable bonds is 4. The van der Waals surface area contributed by atoms with Gasteiger partial charge in [-0.15, -0.1) is 0 Å². The van der Waals surface area contributed by atoms with E-state index in [-0.39, 0.29) is 17.9 Å². The van der Waals surface area contributed by atoms with Gasteiger partial charge in [-0.2, -0.15) is 5.10 Å². The van der Waals surface area contributed by atoms with Crippen LogP contribution < -0.4 is 0 Å². The molecule has 1 aromatic rings. The molecule has 27 heavy (non-hydrogen) atoms. The van der Waals surface area contributed by atoms with Crippen molar-refractivity contribution in [3.8, 4) is 0 Å². The van der Waals surface area contributed by atoms with Crippen LogP contribution >= 0.6 is 0 Å². The Morgan fingerprint density at radius 1 is 1.19 bits per heavy atom. The third kappa shape index (κ3) is 4.05. The maximum atomic E-state index is 12.9. The molecule has 0 radical (unpaired) electrons. The van der Waals surface area contributed by atoms with Gasteiger partial charge in [-0.25, -0.2) is 0 Å². The van der Waals surface area contributed by atoms with Gasteiger partial charge in [0.05, 0.1) is 24.5 Å². The number of hydrogen-bond donors (Lipinski definition) is 1. The average molecular weight is 379 g/mol. The second-order valence-electron chi connectivity index (χ2n) is 8.82. The van der Waals surface area contributed by atoms with E-state index in [9.17, 15) is 9.90 Å². The molecular formula is C20H34N4O3. The molecule has 1 atom stereocenters.